The number of nitrogens with two attached hydrogens (primary N) is 1. The maximum atomic E-state index is 13.3. The smallest absolute Gasteiger partial charge is 0.240 e. The number of amides is 2. The van der Waals surface area contributed by atoms with Crippen molar-refractivity contribution in [3.8, 4) is 5.75 Å². The molecule has 0 aliphatic carbocycles. The van der Waals surface area contributed by atoms with E-state index in [0.717, 1.165) is 12.1 Å². The third-order valence-electron chi connectivity index (χ3n) is 7.05. The highest BCUT2D eigenvalue weighted by Gasteiger charge is 2.43. The summed E-state index contributed by atoms with van der Waals surface area (Å²) >= 11 is 0. The Kier molecular flexibility index (Phi) is 8.08. The van der Waals surface area contributed by atoms with Crippen LogP contribution in [-0.4, -0.2) is 41.0 Å². The van der Waals surface area contributed by atoms with Crippen LogP contribution in [0.15, 0.2) is 75.9 Å². The SMILES string of the molecule is Cc1cc(=O)c(O)c(C2(CC(=O)NC(Cc3ccccc3)C(N)=O)CCN(Cc3ccccc3)CC2)o1. The van der Waals surface area contributed by atoms with Gasteiger partial charge in [0.2, 0.25) is 23.0 Å². The molecule has 0 bridgehead atoms. The summed E-state index contributed by atoms with van der Waals surface area (Å²) in [4.78, 5) is 40.2. The van der Waals surface area contributed by atoms with E-state index in [1.54, 1.807) is 6.92 Å². The van der Waals surface area contributed by atoms with Crippen molar-refractivity contribution in [1.29, 1.82) is 0 Å². The van der Waals surface area contributed by atoms with Crippen LogP contribution in [0.25, 0.3) is 0 Å². The van der Waals surface area contributed by atoms with Crippen molar-refractivity contribution < 1.29 is 19.1 Å². The fraction of sp³-hybridized carbons (Fsp3) is 0.345. The van der Waals surface area contributed by atoms with Gasteiger partial charge in [0.15, 0.2) is 5.76 Å². The van der Waals surface area contributed by atoms with Crippen LogP contribution in [-0.2, 0) is 28.0 Å². The molecule has 8 heteroatoms. The van der Waals surface area contributed by atoms with Gasteiger partial charge in [-0.1, -0.05) is 60.7 Å². The number of carbonyl (C=O) groups is 2. The molecule has 0 radical (unpaired) electrons. The number of primary amides is 1. The highest BCUT2D eigenvalue weighted by Crippen LogP contribution is 2.42. The van der Waals surface area contributed by atoms with E-state index in [1.165, 1.54) is 11.6 Å². The first kappa shape index (κ1) is 26.2. The molecule has 194 valence electrons. The summed E-state index contributed by atoms with van der Waals surface area (Å²) < 4.78 is 5.89. The van der Waals surface area contributed by atoms with Crippen molar-refractivity contribution in [1.82, 2.24) is 10.2 Å². The van der Waals surface area contributed by atoms with Gasteiger partial charge in [-0.05, 0) is 44.0 Å². The van der Waals surface area contributed by atoms with Crippen molar-refractivity contribution >= 4 is 11.8 Å². The second-order valence-electron chi connectivity index (χ2n) is 9.83. The summed E-state index contributed by atoms with van der Waals surface area (Å²) in [6, 6.07) is 19.8. The van der Waals surface area contributed by atoms with E-state index in [-0.39, 0.29) is 24.5 Å². The Labute approximate surface area is 216 Å². The molecule has 1 aromatic heterocycles. The number of carbonyl (C=O) groups excluding carboxylic acids is 2. The standard InChI is InChI=1S/C29H33N3O5/c1-20-16-24(33)26(35)27(37-20)29(12-14-32(15-13-29)19-22-10-6-3-7-11-22)18-25(34)31-23(28(30)36)17-21-8-4-2-5-9-21/h2-11,16,23,35H,12-15,17-19H2,1H3,(H2,30,36)(H,31,34). The number of nitrogens with one attached hydrogen (secondary N) is 1. The zero-order valence-corrected chi connectivity index (χ0v) is 21.0. The number of hydrogen-bond acceptors (Lipinski definition) is 6. The number of likely N-dealkylation sites (tertiary alicyclic amines) is 1. The number of hydrogen-bond donors (Lipinski definition) is 3. The molecule has 4 rings (SSSR count). The molecule has 0 saturated carbocycles. The molecule has 2 aromatic carbocycles. The Balaban J connectivity index is 1.55. The van der Waals surface area contributed by atoms with Crippen LogP contribution < -0.4 is 16.5 Å². The van der Waals surface area contributed by atoms with Crippen LogP contribution in [0.3, 0.4) is 0 Å². The molecule has 1 aliphatic rings. The number of aryl methyl sites for hydroxylation is 1. The first-order valence-electron chi connectivity index (χ1n) is 12.5. The van der Waals surface area contributed by atoms with Crippen molar-refractivity contribution in [2.75, 3.05) is 13.1 Å². The normalized spacial score (nSPS) is 16.1. The molecule has 1 saturated heterocycles. The highest BCUT2D eigenvalue weighted by atomic mass is 16.4. The second-order valence-corrected chi connectivity index (χ2v) is 9.83. The summed E-state index contributed by atoms with van der Waals surface area (Å²) in [6.07, 6.45) is 1.20. The number of rotatable bonds is 9. The van der Waals surface area contributed by atoms with Gasteiger partial charge in [-0.2, -0.15) is 0 Å². The van der Waals surface area contributed by atoms with Gasteiger partial charge in [0.25, 0.3) is 0 Å². The average Bonchev–Trinajstić information content (AvgIpc) is 2.88. The maximum Gasteiger partial charge on any atom is 0.240 e. The first-order chi connectivity index (χ1) is 17.8. The number of piperidine rings is 1. The maximum absolute atomic E-state index is 13.3. The third kappa shape index (κ3) is 6.46. The summed E-state index contributed by atoms with van der Waals surface area (Å²) in [5.74, 6) is -0.992. The molecule has 1 atom stereocenters. The summed E-state index contributed by atoms with van der Waals surface area (Å²) in [5, 5.41) is 13.5. The molecule has 8 nitrogen and oxygen atoms in total. The molecule has 4 N–H and O–H groups in total. The van der Waals surface area contributed by atoms with Gasteiger partial charge >= 0.3 is 0 Å². The van der Waals surface area contributed by atoms with Gasteiger partial charge in [-0.25, -0.2) is 0 Å². The van der Waals surface area contributed by atoms with Gasteiger partial charge in [0, 0.05) is 30.9 Å². The molecule has 1 aliphatic heterocycles. The fourth-order valence-corrected chi connectivity index (χ4v) is 5.05. The van der Waals surface area contributed by atoms with Crippen LogP contribution in [0.4, 0.5) is 0 Å². The molecule has 2 heterocycles. The van der Waals surface area contributed by atoms with Gasteiger partial charge in [0.1, 0.15) is 11.8 Å². The molecular weight excluding hydrogens is 470 g/mol. The first-order valence-corrected chi connectivity index (χ1v) is 12.5. The van der Waals surface area contributed by atoms with Crippen molar-refractivity contribution in [3.05, 3.63) is 99.6 Å². The Morgan fingerprint density at radius 3 is 2.24 bits per heavy atom. The lowest BCUT2D eigenvalue weighted by Crippen LogP contribution is -2.50. The monoisotopic (exact) mass is 503 g/mol. The van der Waals surface area contributed by atoms with Crippen LogP contribution in [0.2, 0.25) is 0 Å². The lowest BCUT2D eigenvalue weighted by atomic mass is 9.72. The van der Waals surface area contributed by atoms with E-state index in [9.17, 15) is 19.5 Å². The molecule has 1 unspecified atom stereocenters. The zero-order valence-electron chi connectivity index (χ0n) is 21.0. The molecular formula is C29H33N3O5. The molecule has 3 aromatic rings. The van der Waals surface area contributed by atoms with Gasteiger partial charge in [0.05, 0.1) is 0 Å². The van der Waals surface area contributed by atoms with Crippen LogP contribution in [0.1, 0.15) is 41.9 Å². The second kappa shape index (κ2) is 11.4. The fourth-order valence-electron chi connectivity index (χ4n) is 5.05. The van der Waals surface area contributed by atoms with Crippen molar-refractivity contribution in [3.63, 3.8) is 0 Å². The quantitative estimate of drug-likeness (QED) is 0.412. The largest absolute Gasteiger partial charge is 0.502 e. The minimum Gasteiger partial charge on any atom is -0.502 e. The van der Waals surface area contributed by atoms with Crippen LogP contribution >= 0.6 is 0 Å². The Morgan fingerprint density at radius 1 is 1.05 bits per heavy atom. The number of aromatic hydroxyl groups is 1. The minimum absolute atomic E-state index is 0.0509. The van der Waals surface area contributed by atoms with E-state index < -0.39 is 28.5 Å². The summed E-state index contributed by atoms with van der Waals surface area (Å²) in [5.41, 5.74) is 6.22. The molecule has 1 fully saturated rings. The molecule has 2 amide bonds. The minimum atomic E-state index is -0.901. The Bertz CT molecular complexity index is 1280. The van der Waals surface area contributed by atoms with Crippen LogP contribution in [0, 0.1) is 6.92 Å². The molecule has 37 heavy (non-hydrogen) atoms. The predicted octanol–water partition coefficient (Wildman–Crippen LogP) is 2.79. The van der Waals surface area contributed by atoms with E-state index in [0.29, 0.717) is 31.7 Å². The Hall–Kier alpha value is -3.91. The molecule has 0 spiro atoms. The van der Waals surface area contributed by atoms with Crippen LogP contribution in [0.5, 0.6) is 5.75 Å². The van der Waals surface area contributed by atoms with E-state index in [1.807, 2.05) is 48.5 Å². The zero-order chi connectivity index (χ0) is 26.4. The topological polar surface area (TPSA) is 126 Å². The van der Waals surface area contributed by atoms with Crippen molar-refractivity contribution in [2.24, 2.45) is 5.73 Å². The van der Waals surface area contributed by atoms with E-state index in [2.05, 4.69) is 22.3 Å². The average molecular weight is 504 g/mol. The highest BCUT2D eigenvalue weighted by molar-refractivity contribution is 5.87. The third-order valence-corrected chi connectivity index (χ3v) is 7.05. The van der Waals surface area contributed by atoms with Crippen molar-refractivity contribution in [2.45, 2.75) is 50.6 Å². The Morgan fingerprint density at radius 2 is 1.65 bits per heavy atom. The van der Waals surface area contributed by atoms with E-state index >= 15 is 0 Å². The van der Waals surface area contributed by atoms with Gasteiger partial charge < -0.3 is 20.6 Å². The summed E-state index contributed by atoms with van der Waals surface area (Å²) in [7, 11) is 0. The number of nitrogens with zero attached hydrogens (tertiary/aromatic N) is 1. The number of benzene rings is 2. The lowest BCUT2D eigenvalue weighted by molar-refractivity contribution is -0.128. The lowest BCUT2D eigenvalue weighted by Gasteiger charge is -2.41. The summed E-state index contributed by atoms with van der Waals surface area (Å²) in [6.45, 7) is 3.68. The van der Waals surface area contributed by atoms with Gasteiger partial charge in [-0.3, -0.25) is 19.3 Å². The predicted molar refractivity (Wildman–Crippen MR) is 140 cm³/mol. The van der Waals surface area contributed by atoms with Gasteiger partial charge in [-0.15, -0.1) is 0 Å². The van der Waals surface area contributed by atoms with E-state index in [4.69, 9.17) is 10.2 Å².